The van der Waals surface area contributed by atoms with Gasteiger partial charge in [0.2, 0.25) is 11.0 Å². The lowest BCUT2D eigenvalue weighted by Crippen LogP contribution is -2.25. The third kappa shape index (κ3) is 5.51. The minimum absolute atomic E-state index is 0.0756. The van der Waals surface area contributed by atoms with Gasteiger partial charge in [0.05, 0.1) is 5.25 Å². The van der Waals surface area contributed by atoms with E-state index in [1.807, 2.05) is 6.92 Å². The number of aromatic nitrogens is 3. The molecule has 0 radical (unpaired) electrons. The summed E-state index contributed by atoms with van der Waals surface area (Å²) in [6.45, 7) is 9.91. The summed E-state index contributed by atoms with van der Waals surface area (Å²) < 4.78 is 5.71. The second kappa shape index (κ2) is 7.31. The molecule has 2 rings (SSSR count). The Morgan fingerprint density at radius 2 is 2.17 bits per heavy atom. The SMILES string of the molecule is CC[C@H](Sc1nnc(NC(C)(C)C)s1)C(=O)Nc1cc(C)on1. The van der Waals surface area contributed by atoms with Gasteiger partial charge in [-0.2, -0.15) is 0 Å². The molecule has 0 fully saturated rings. The minimum atomic E-state index is -0.262. The van der Waals surface area contributed by atoms with Crippen molar-refractivity contribution in [1.29, 1.82) is 0 Å². The summed E-state index contributed by atoms with van der Waals surface area (Å²) in [7, 11) is 0. The fourth-order valence-electron chi connectivity index (χ4n) is 1.70. The molecule has 0 aromatic carbocycles. The van der Waals surface area contributed by atoms with Crippen molar-refractivity contribution in [3.05, 3.63) is 11.8 Å². The smallest absolute Gasteiger partial charge is 0.239 e. The molecule has 7 nitrogen and oxygen atoms in total. The minimum Gasteiger partial charge on any atom is -0.360 e. The highest BCUT2D eigenvalue weighted by molar-refractivity contribution is 8.02. The molecule has 1 amide bonds. The van der Waals surface area contributed by atoms with Crippen molar-refractivity contribution in [3.63, 3.8) is 0 Å². The maximum Gasteiger partial charge on any atom is 0.239 e. The molecule has 0 unspecified atom stereocenters. The van der Waals surface area contributed by atoms with Crippen LogP contribution in [0.3, 0.4) is 0 Å². The number of nitrogens with zero attached hydrogens (tertiary/aromatic N) is 3. The maximum atomic E-state index is 12.3. The quantitative estimate of drug-likeness (QED) is 0.765. The number of thioether (sulfide) groups is 1. The number of rotatable bonds is 6. The van der Waals surface area contributed by atoms with Gasteiger partial charge in [-0.05, 0) is 34.1 Å². The van der Waals surface area contributed by atoms with Gasteiger partial charge in [0.1, 0.15) is 5.76 Å². The van der Waals surface area contributed by atoms with Gasteiger partial charge in [-0.15, -0.1) is 10.2 Å². The van der Waals surface area contributed by atoms with Crippen LogP contribution < -0.4 is 10.6 Å². The zero-order valence-electron chi connectivity index (χ0n) is 13.8. The van der Waals surface area contributed by atoms with Gasteiger partial charge in [-0.25, -0.2) is 0 Å². The molecule has 126 valence electrons. The highest BCUT2D eigenvalue weighted by Crippen LogP contribution is 2.31. The maximum absolute atomic E-state index is 12.3. The zero-order chi connectivity index (χ0) is 17.0. The van der Waals surface area contributed by atoms with Crippen molar-refractivity contribution >= 4 is 40.0 Å². The molecule has 9 heteroatoms. The fourth-order valence-corrected chi connectivity index (χ4v) is 3.83. The third-order valence-electron chi connectivity index (χ3n) is 2.67. The molecule has 2 heterocycles. The van der Waals surface area contributed by atoms with Crippen LogP contribution >= 0.6 is 23.1 Å². The van der Waals surface area contributed by atoms with Crippen LogP contribution in [-0.2, 0) is 4.79 Å². The van der Waals surface area contributed by atoms with Crippen LogP contribution in [-0.4, -0.2) is 32.1 Å². The lowest BCUT2D eigenvalue weighted by molar-refractivity contribution is -0.115. The van der Waals surface area contributed by atoms with Crippen LogP contribution in [0.15, 0.2) is 14.9 Å². The molecule has 0 spiro atoms. The summed E-state index contributed by atoms with van der Waals surface area (Å²) in [5.74, 6) is 0.966. The second-order valence-corrected chi connectivity index (χ2v) is 8.50. The number of anilines is 2. The van der Waals surface area contributed by atoms with E-state index in [1.165, 1.54) is 23.1 Å². The summed E-state index contributed by atoms with van der Waals surface area (Å²) in [6, 6.07) is 1.69. The van der Waals surface area contributed by atoms with Gasteiger partial charge in [0.25, 0.3) is 0 Å². The number of carbonyl (C=O) groups is 1. The standard InChI is InChI=1S/C14H21N5O2S2/c1-6-9(11(20)15-10-7-8(2)21-19-10)22-13-18-17-12(23-13)16-14(3,4)5/h7,9H,6H2,1-5H3,(H,16,17)(H,15,19,20)/t9-/m0/s1. The molecule has 2 aromatic rings. The van der Waals surface area contributed by atoms with Gasteiger partial charge in [0.15, 0.2) is 10.2 Å². The Morgan fingerprint density at radius 3 is 2.74 bits per heavy atom. The lowest BCUT2D eigenvalue weighted by Gasteiger charge is -2.18. The van der Waals surface area contributed by atoms with Gasteiger partial charge in [-0.1, -0.05) is 35.2 Å². The first-order chi connectivity index (χ1) is 10.8. The predicted octanol–water partition coefficient (Wildman–Crippen LogP) is 3.55. The molecule has 2 N–H and O–H groups in total. The predicted molar refractivity (Wildman–Crippen MR) is 93.1 cm³/mol. The van der Waals surface area contributed by atoms with E-state index >= 15 is 0 Å². The van der Waals surface area contributed by atoms with Crippen LogP contribution in [0.25, 0.3) is 0 Å². The van der Waals surface area contributed by atoms with Crippen LogP contribution in [0.1, 0.15) is 39.9 Å². The number of hydrogen-bond acceptors (Lipinski definition) is 8. The first kappa shape index (κ1) is 17.7. The molecule has 23 heavy (non-hydrogen) atoms. The van der Waals surface area contributed by atoms with Crippen molar-refractivity contribution in [3.8, 4) is 0 Å². The van der Waals surface area contributed by atoms with E-state index in [0.717, 1.165) is 9.47 Å². The molecule has 0 saturated carbocycles. The molecule has 0 bridgehead atoms. The van der Waals surface area contributed by atoms with Crippen molar-refractivity contribution in [2.45, 2.75) is 56.2 Å². The first-order valence-electron chi connectivity index (χ1n) is 7.29. The van der Waals surface area contributed by atoms with Crippen molar-refractivity contribution < 1.29 is 9.32 Å². The average molecular weight is 355 g/mol. The number of carbonyl (C=O) groups excluding carboxylic acids is 1. The second-order valence-electron chi connectivity index (χ2n) is 6.07. The van der Waals surface area contributed by atoms with Crippen LogP contribution in [0, 0.1) is 6.92 Å². The lowest BCUT2D eigenvalue weighted by atomic mass is 10.1. The Hall–Kier alpha value is -1.61. The number of nitrogens with one attached hydrogen (secondary N) is 2. The van der Waals surface area contributed by atoms with Crippen molar-refractivity contribution in [2.75, 3.05) is 10.6 Å². The molecular weight excluding hydrogens is 334 g/mol. The fraction of sp³-hybridized carbons (Fsp3) is 0.571. The van der Waals surface area contributed by atoms with Gasteiger partial charge < -0.3 is 15.2 Å². The monoisotopic (exact) mass is 355 g/mol. The zero-order valence-corrected chi connectivity index (χ0v) is 15.5. The molecular formula is C14H21N5O2S2. The average Bonchev–Trinajstić information content (AvgIpc) is 3.03. The van der Waals surface area contributed by atoms with E-state index in [4.69, 9.17) is 4.52 Å². The van der Waals surface area contributed by atoms with E-state index in [9.17, 15) is 4.79 Å². The Kier molecular flexibility index (Phi) is 5.64. The van der Waals surface area contributed by atoms with Gasteiger partial charge >= 0.3 is 0 Å². The van der Waals surface area contributed by atoms with Crippen molar-refractivity contribution in [2.24, 2.45) is 0 Å². The van der Waals surface area contributed by atoms with E-state index in [-0.39, 0.29) is 16.7 Å². The Morgan fingerprint density at radius 1 is 1.43 bits per heavy atom. The van der Waals surface area contributed by atoms with E-state index in [0.29, 0.717) is 18.0 Å². The summed E-state index contributed by atoms with van der Waals surface area (Å²) >= 11 is 2.85. The van der Waals surface area contributed by atoms with Crippen LogP contribution in [0.5, 0.6) is 0 Å². The topological polar surface area (TPSA) is 92.9 Å². The van der Waals surface area contributed by atoms with Crippen LogP contribution in [0.2, 0.25) is 0 Å². The van der Waals surface area contributed by atoms with E-state index in [2.05, 4.69) is 46.8 Å². The molecule has 0 aliphatic heterocycles. The number of amides is 1. The van der Waals surface area contributed by atoms with Crippen LogP contribution in [0.4, 0.5) is 10.9 Å². The molecule has 1 atom stereocenters. The molecule has 0 saturated heterocycles. The normalized spacial score (nSPS) is 12.9. The Balaban J connectivity index is 1.97. The number of hydrogen-bond donors (Lipinski definition) is 2. The van der Waals surface area contributed by atoms with Gasteiger partial charge in [0, 0.05) is 11.6 Å². The third-order valence-corrected chi connectivity index (χ3v) is 4.96. The Bertz CT molecular complexity index is 662. The first-order valence-corrected chi connectivity index (χ1v) is 8.99. The molecule has 0 aliphatic rings. The van der Waals surface area contributed by atoms with Crippen molar-refractivity contribution in [1.82, 2.24) is 15.4 Å². The number of aryl methyl sites for hydroxylation is 1. The summed E-state index contributed by atoms with van der Waals surface area (Å²) in [6.07, 6.45) is 0.676. The molecule has 0 aliphatic carbocycles. The summed E-state index contributed by atoms with van der Waals surface area (Å²) in [4.78, 5) is 12.3. The summed E-state index contributed by atoms with van der Waals surface area (Å²) in [5, 5.41) is 18.5. The highest BCUT2D eigenvalue weighted by Gasteiger charge is 2.22. The van der Waals surface area contributed by atoms with Gasteiger partial charge in [-0.3, -0.25) is 4.79 Å². The summed E-state index contributed by atoms with van der Waals surface area (Å²) in [5.41, 5.74) is -0.0756. The Labute approximate surface area is 143 Å². The largest absolute Gasteiger partial charge is 0.360 e. The molecule has 2 aromatic heterocycles. The van der Waals surface area contributed by atoms with E-state index < -0.39 is 0 Å². The highest BCUT2D eigenvalue weighted by atomic mass is 32.2. The van der Waals surface area contributed by atoms with E-state index in [1.54, 1.807) is 13.0 Å².